The molecule has 0 aliphatic carbocycles. The van der Waals surface area contributed by atoms with E-state index in [1.807, 2.05) is 0 Å². The van der Waals surface area contributed by atoms with Crippen LogP contribution < -0.4 is 10.1 Å². The van der Waals surface area contributed by atoms with Crippen LogP contribution in [0.25, 0.3) is 0 Å². The zero-order chi connectivity index (χ0) is 17.6. The third kappa shape index (κ3) is 7.50. The highest BCUT2D eigenvalue weighted by Gasteiger charge is 2.31. The Hall–Kier alpha value is -2.29. The van der Waals surface area contributed by atoms with Gasteiger partial charge in [-0.2, -0.15) is 0 Å². The predicted molar refractivity (Wildman–Crippen MR) is 74.8 cm³/mol. The Kier molecular flexibility index (Phi) is 6.38. The van der Waals surface area contributed by atoms with Crippen LogP contribution in [0, 0.1) is 0 Å². The summed E-state index contributed by atoms with van der Waals surface area (Å²) in [7, 11) is 1.49. The number of alkyl halides is 3. The van der Waals surface area contributed by atoms with E-state index in [0.717, 1.165) is 12.1 Å². The molecule has 6 nitrogen and oxygen atoms in total. The zero-order valence-electron chi connectivity index (χ0n) is 12.6. The van der Waals surface area contributed by atoms with E-state index in [2.05, 4.69) is 10.1 Å². The number of halogens is 3. The molecule has 2 N–H and O–H groups in total. The van der Waals surface area contributed by atoms with Crippen molar-refractivity contribution in [3.05, 3.63) is 29.8 Å². The van der Waals surface area contributed by atoms with Crippen molar-refractivity contribution in [2.75, 3.05) is 20.1 Å². The van der Waals surface area contributed by atoms with Gasteiger partial charge in [0, 0.05) is 0 Å². The molecule has 128 valence electrons. The number of hydrogen-bond donors (Lipinski definition) is 2. The fraction of sp³-hybridized carbons (Fsp3) is 0.429. The highest BCUT2D eigenvalue weighted by Crippen LogP contribution is 2.24. The second-order valence-corrected chi connectivity index (χ2v) is 4.97. The summed E-state index contributed by atoms with van der Waals surface area (Å²) in [4.78, 5) is 23.6. The first-order valence-corrected chi connectivity index (χ1v) is 6.62. The lowest BCUT2D eigenvalue weighted by atomic mass is 10.1. The van der Waals surface area contributed by atoms with Gasteiger partial charge in [-0.15, -0.1) is 13.2 Å². The van der Waals surface area contributed by atoms with E-state index in [0.29, 0.717) is 5.56 Å². The number of benzene rings is 1. The number of carbonyl (C=O) groups excluding carboxylic acids is 1. The number of carboxylic acid groups (broad SMARTS) is 1. The quantitative estimate of drug-likeness (QED) is 0.795. The molecule has 0 spiro atoms. The number of rotatable bonds is 7. The number of amides is 1. The molecule has 0 aliphatic rings. The van der Waals surface area contributed by atoms with Crippen LogP contribution in [0.4, 0.5) is 13.2 Å². The lowest BCUT2D eigenvalue weighted by molar-refractivity contribution is -0.274. The van der Waals surface area contributed by atoms with Crippen molar-refractivity contribution in [1.82, 2.24) is 10.2 Å². The largest absolute Gasteiger partial charge is 0.573 e. The van der Waals surface area contributed by atoms with Crippen LogP contribution in [0.1, 0.15) is 18.5 Å². The van der Waals surface area contributed by atoms with E-state index in [-0.39, 0.29) is 18.8 Å². The van der Waals surface area contributed by atoms with Gasteiger partial charge in [0.15, 0.2) is 0 Å². The summed E-state index contributed by atoms with van der Waals surface area (Å²) in [6.07, 6.45) is -4.75. The van der Waals surface area contributed by atoms with Gasteiger partial charge in [-0.25, -0.2) is 0 Å². The Morgan fingerprint density at radius 2 is 1.83 bits per heavy atom. The van der Waals surface area contributed by atoms with Crippen molar-refractivity contribution in [3.63, 3.8) is 0 Å². The number of carbonyl (C=O) groups is 2. The molecule has 23 heavy (non-hydrogen) atoms. The summed E-state index contributed by atoms with van der Waals surface area (Å²) >= 11 is 0. The Balaban J connectivity index is 2.55. The molecule has 1 unspecified atom stereocenters. The third-order valence-corrected chi connectivity index (χ3v) is 2.81. The molecule has 0 aromatic heterocycles. The summed E-state index contributed by atoms with van der Waals surface area (Å²) in [6.45, 7) is 1.28. The molecule has 9 heteroatoms. The summed E-state index contributed by atoms with van der Waals surface area (Å²) in [5.41, 5.74) is 0.591. The van der Waals surface area contributed by atoms with E-state index < -0.39 is 24.3 Å². The topological polar surface area (TPSA) is 78.9 Å². The molecule has 1 rings (SSSR count). The van der Waals surface area contributed by atoms with Gasteiger partial charge >= 0.3 is 12.3 Å². The third-order valence-electron chi connectivity index (χ3n) is 2.81. The minimum absolute atomic E-state index is 0.105. The van der Waals surface area contributed by atoms with Crippen LogP contribution >= 0.6 is 0 Å². The number of aliphatic carboxylic acids is 1. The Morgan fingerprint density at radius 3 is 2.30 bits per heavy atom. The molecule has 0 aliphatic heterocycles. The molecule has 0 heterocycles. The second-order valence-electron chi connectivity index (χ2n) is 4.97. The predicted octanol–water partition coefficient (Wildman–Crippen LogP) is 1.78. The van der Waals surface area contributed by atoms with Crippen LogP contribution in [0.3, 0.4) is 0 Å². The molecule has 0 saturated heterocycles. The summed E-state index contributed by atoms with van der Waals surface area (Å²) in [5, 5.41) is 11.2. The SMILES string of the molecule is CC(NC(=O)CN(C)CC(=O)O)c1ccc(OC(F)(F)F)cc1. The highest BCUT2D eigenvalue weighted by atomic mass is 19.4. The highest BCUT2D eigenvalue weighted by molar-refractivity contribution is 5.79. The first-order chi connectivity index (χ1) is 10.6. The van der Waals surface area contributed by atoms with Gasteiger partial charge in [0.2, 0.25) is 5.91 Å². The average Bonchev–Trinajstić information content (AvgIpc) is 2.35. The Labute approximate surface area is 130 Å². The first kappa shape index (κ1) is 18.8. The van der Waals surface area contributed by atoms with Crippen molar-refractivity contribution in [2.24, 2.45) is 0 Å². The van der Waals surface area contributed by atoms with E-state index in [1.165, 1.54) is 24.1 Å². The number of nitrogens with zero attached hydrogens (tertiary/aromatic N) is 1. The number of likely N-dealkylation sites (N-methyl/N-ethyl adjacent to an activating group) is 1. The first-order valence-electron chi connectivity index (χ1n) is 6.62. The van der Waals surface area contributed by atoms with Crippen molar-refractivity contribution >= 4 is 11.9 Å². The molecule has 0 radical (unpaired) electrons. The lowest BCUT2D eigenvalue weighted by Gasteiger charge is -2.18. The maximum atomic E-state index is 12.1. The van der Waals surface area contributed by atoms with Crippen molar-refractivity contribution in [1.29, 1.82) is 0 Å². The van der Waals surface area contributed by atoms with Crippen LogP contribution in [0.15, 0.2) is 24.3 Å². The Morgan fingerprint density at radius 1 is 1.26 bits per heavy atom. The van der Waals surface area contributed by atoms with Gasteiger partial charge in [0.05, 0.1) is 19.1 Å². The summed E-state index contributed by atoms with van der Waals surface area (Å²) < 4.78 is 39.9. The average molecular weight is 334 g/mol. The standard InChI is InChI=1S/C14H17F3N2O4/c1-9(18-12(20)7-19(2)8-13(21)22)10-3-5-11(6-4-10)23-14(15,16)17/h3-6,9H,7-8H2,1-2H3,(H,18,20)(H,21,22). The Bertz CT molecular complexity index is 546. The number of carboxylic acids is 1. The van der Waals surface area contributed by atoms with Crippen LogP contribution in [-0.2, 0) is 9.59 Å². The van der Waals surface area contributed by atoms with Gasteiger partial charge < -0.3 is 15.2 Å². The van der Waals surface area contributed by atoms with Gasteiger partial charge in [0.25, 0.3) is 0 Å². The van der Waals surface area contributed by atoms with Gasteiger partial charge in [0.1, 0.15) is 5.75 Å². The molecule has 0 fully saturated rings. The van der Waals surface area contributed by atoms with E-state index in [9.17, 15) is 22.8 Å². The fourth-order valence-electron chi connectivity index (χ4n) is 1.86. The number of ether oxygens (including phenoxy) is 1. The maximum Gasteiger partial charge on any atom is 0.573 e. The monoisotopic (exact) mass is 334 g/mol. The lowest BCUT2D eigenvalue weighted by Crippen LogP contribution is -2.38. The summed E-state index contributed by atoms with van der Waals surface area (Å²) in [6, 6.07) is 4.69. The van der Waals surface area contributed by atoms with Crippen molar-refractivity contribution in [2.45, 2.75) is 19.3 Å². The van der Waals surface area contributed by atoms with E-state index in [1.54, 1.807) is 6.92 Å². The van der Waals surface area contributed by atoms with Crippen LogP contribution in [0.2, 0.25) is 0 Å². The van der Waals surface area contributed by atoms with Gasteiger partial charge in [-0.05, 0) is 31.7 Å². The van der Waals surface area contributed by atoms with Crippen LogP contribution in [0.5, 0.6) is 5.75 Å². The van der Waals surface area contributed by atoms with Crippen LogP contribution in [-0.4, -0.2) is 48.4 Å². The molecular formula is C14H17F3N2O4. The molecule has 1 aromatic rings. The number of nitrogens with one attached hydrogen (secondary N) is 1. The van der Waals surface area contributed by atoms with Crippen molar-refractivity contribution in [3.8, 4) is 5.75 Å². The van der Waals surface area contributed by atoms with E-state index >= 15 is 0 Å². The minimum Gasteiger partial charge on any atom is -0.480 e. The molecule has 1 aromatic carbocycles. The van der Waals surface area contributed by atoms with Crippen molar-refractivity contribution < 1.29 is 32.6 Å². The van der Waals surface area contributed by atoms with Gasteiger partial charge in [-0.1, -0.05) is 12.1 Å². The molecule has 1 atom stereocenters. The number of hydrogen-bond acceptors (Lipinski definition) is 4. The molecular weight excluding hydrogens is 317 g/mol. The zero-order valence-corrected chi connectivity index (χ0v) is 12.6. The second kappa shape index (κ2) is 7.82. The van der Waals surface area contributed by atoms with E-state index in [4.69, 9.17) is 5.11 Å². The summed E-state index contributed by atoms with van der Waals surface area (Å²) in [5.74, 6) is -1.79. The smallest absolute Gasteiger partial charge is 0.480 e. The molecule has 0 saturated carbocycles. The molecule has 1 amide bonds. The molecule has 0 bridgehead atoms. The minimum atomic E-state index is -4.75. The van der Waals surface area contributed by atoms with Gasteiger partial charge in [-0.3, -0.25) is 14.5 Å². The fourth-order valence-corrected chi connectivity index (χ4v) is 1.86. The normalized spacial score (nSPS) is 12.8. The maximum absolute atomic E-state index is 12.1.